The Hall–Kier alpha value is -1.05. The number of hydrogen-bond acceptors (Lipinski definition) is 1. The van der Waals surface area contributed by atoms with Gasteiger partial charge in [0.25, 0.3) is 0 Å². The summed E-state index contributed by atoms with van der Waals surface area (Å²) in [5, 5.41) is 3.22. The van der Waals surface area contributed by atoms with Gasteiger partial charge in [-0.15, -0.1) is 0 Å². The lowest BCUT2D eigenvalue weighted by Crippen LogP contribution is -2.42. The molecule has 2 heteroatoms. The smallest absolute Gasteiger partial charge is 0.227 e. The lowest BCUT2D eigenvalue weighted by molar-refractivity contribution is -0.129. The fourth-order valence-corrected chi connectivity index (χ4v) is 3.38. The zero-order valence-corrected chi connectivity index (χ0v) is 12.9. The van der Waals surface area contributed by atoms with E-state index in [1.54, 1.807) is 0 Å². The highest BCUT2D eigenvalue weighted by Crippen LogP contribution is 2.67. The summed E-state index contributed by atoms with van der Waals surface area (Å²) >= 11 is 0. The van der Waals surface area contributed by atoms with E-state index in [1.807, 2.05) is 12.2 Å². The van der Waals surface area contributed by atoms with Crippen LogP contribution in [0.2, 0.25) is 0 Å². The van der Waals surface area contributed by atoms with Crippen LogP contribution >= 0.6 is 0 Å². The Kier molecular flexibility index (Phi) is 3.40. The molecule has 2 unspecified atom stereocenters. The lowest BCUT2D eigenvalue weighted by Gasteiger charge is -2.29. The molecule has 2 aliphatic rings. The van der Waals surface area contributed by atoms with Crippen molar-refractivity contribution in [3.63, 3.8) is 0 Å². The van der Waals surface area contributed by atoms with Crippen LogP contribution < -0.4 is 5.32 Å². The number of rotatable bonds is 3. The van der Waals surface area contributed by atoms with Crippen LogP contribution in [-0.2, 0) is 4.79 Å². The molecule has 1 N–H and O–H groups in total. The monoisotopic (exact) mass is 261 g/mol. The molecular formula is C17H27NO. The third-order valence-corrected chi connectivity index (χ3v) is 4.48. The molecule has 2 aliphatic carbocycles. The van der Waals surface area contributed by atoms with Gasteiger partial charge in [-0.2, -0.15) is 0 Å². The largest absolute Gasteiger partial charge is 0.349 e. The van der Waals surface area contributed by atoms with Crippen molar-refractivity contribution in [1.82, 2.24) is 5.32 Å². The summed E-state index contributed by atoms with van der Waals surface area (Å²) in [5.41, 5.74) is 0.159. The van der Waals surface area contributed by atoms with Crippen molar-refractivity contribution in [2.24, 2.45) is 16.2 Å². The maximum atomic E-state index is 12.7. The van der Waals surface area contributed by atoms with E-state index in [-0.39, 0.29) is 28.2 Å². The number of nitrogens with one attached hydrogen (secondary N) is 1. The van der Waals surface area contributed by atoms with Gasteiger partial charge in [0.1, 0.15) is 0 Å². The Balaban J connectivity index is 2.06. The van der Waals surface area contributed by atoms with Crippen LogP contribution in [0.4, 0.5) is 0 Å². The van der Waals surface area contributed by atoms with Crippen LogP contribution in [0.1, 0.15) is 53.9 Å². The van der Waals surface area contributed by atoms with Crippen molar-refractivity contribution in [1.29, 1.82) is 0 Å². The summed E-state index contributed by atoms with van der Waals surface area (Å²) in [6.07, 6.45) is 11.1. The molecule has 0 heterocycles. The van der Waals surface area contributed by atoms with Gasteiger partial charge in [-0.05, 0) is 30.1 Å². The van der Waals surface area contributed by atoms with E-state index in [9.17, 15) is 4.79 Å². The van der Waals surface area contributed by atoms with Gasteiger partial charge in [0.15, 0.2) is 0 Å². The summed E-state index contributed by atoms with van der Waals surface area (Å²) in [7, 11) is 0. The lowest BCUT2D eigenvalue weighted by atomic mass is 9.78. The second kappa shape index (κ2) is 4.50. The first-order chi connectivity index (χ1) is 8.66. The summed E-state index contributed by atoms with van der Waals surface area (Å²) in [5.74, 6) is 0.248. The molecular weight excluding hydrogens is 234 g/mol. The van der Waals surface area contributed by atoms with E-state index in [0.717, 1.165) is 19.3 Å². The quantitative estimate of drug-likeness (QED) is 0.821. The van der Waals surface area contributed by atoms with Gasteiger partial charge in [-0.3, -0.25) is 4.79 Å². The molecule has 0 radical (unpaired) electrons. The zero-order valence-electron chi connectivity index (χ0n) is 12.9. The Bertz CT molecular complexity index is 425. The first-order valence-electron chi connectivity index (χ1n) is 7.31. The third-order valence-electron chi connectivity index (χ3n) is 4.48. The Morgan fingerprint density at radius 2 is 1.95 bits per heavy atom. The van der Waals surface area contributed by atoms with E-state index in [2.05, 4.69) is 52.1 Å². The minimum Gasteiger partial charge on any atom is -0.349 e. The molecule has 0 bridgehead atoms. The van der Waals surface area contributed by atoms with Gasteiger partial charge in [-0.1, -0.05) is 58.9 Å². The molecule has 1 saturated carbocycles. The predicted octanol–water partition coefficient (Wildman–Crippen LogP) is 3.84. The molecule has 19 heavy (non-hydrogen) atoms. The molecule has 2 atom stereocenters. The van der Waals surface area contributed by atoms with E-state index < -0.39 is 0 Å². The molecule has 2 rings (SSSR count). The first-order valence-corrected chi connectivity index (χ1v) is 7.31. The van der Waals surface area contributed by atoms with Gasteiger partial charge in [0.2, 0.25) is 5.91 Å². The second-order valence-corrected chi connectivity index (χ2v) is 8.01. The SMILES string of the molecule is CC(C)(C)CC1(C(=O)NC2C=CC=CC2)CC1(C)C. The number of carbonyl (C=O) groups is 1. The Morgan fingerprint density at radius 3 is 2.37 bits per heavy atom. The van der Waals surface area contributed by atoms with Crippen molar-refractivity contribution in [2.75, 3.05) is 0 Å². The van der Waals surface area contributed by atoms with E-state index >= 15 is 0 Å². The predicted molar refractivity (Wildman–Crippen MR) is 79.7 cm³/mol. The van der Waals surface area contributed by atoms with Crippen molar-refractivity contribution >= 4 is 5.91 Å². The highest BCUT2D eigenvalue weighted by atomic mass is 16.2. The van der Waals surface area contributed by atoms with Crippen LogP contribution in [0.15, 0.2) is 24.3 Å². The number of allylic oxidation sites excluding steroid dienone is 2. The molecule has 0 saturated heterocycles. The van der Waals surface area contributed by atoms with E-state index in [1.165, 1.54) is 0 Å². The maximum Gasteiger partial charge on any atom is 0.227 e. The number of carbonyl (C=O) groups excluding carboxylic acids is 1. The van der Waals surface area contributed by atoms with Crippen molar-refractivity contribution in [3.05, 3.63) is 24.3 Å². The summed E-state index contributed by atoms with van der Waals surface area (Å²) < 4.78 is 0. The van der Waals surface area contributed by atoms with Crippen LogP contribution in [0.5, 0.6) is 0 Å². The zero-order chi connectivity index (χ0) is 14.3. The topological polar surface area (TPSA) is 29.1 Å². The summed E-state index contributed by atoms with van der Waals surface area (Å²) in [4.78, 5) is 12.7. The van der Waals surface area contributed by atoms with Crippen molar-refractivity contribution in [2.45, 2.75) is 59.9 Å². The maximum absolute atomic E-state index is 12.7. The molecule has 0 spiro atoms. The van der Waals surface area contributed by atoms with E-state index in [4.69, 9.17) is 0 Å². The number of amides is 1. The van der Waals surface area contributed by atoms with Gasteiger partial charge in [-0.25, -0.2) is 0 Å². The fraction of sp³-hybridized carbons (Fsp3) is 0.706. The van der Waals surface area contributed by atoms with Gasteiger partial charge in [0.05, 0.1) is 11.5 Å². The Morgan fingerprint density at radius 1 is 1.32 bits per heavy atom. The van der Waals surface area contributed by atoms with Crippen LogP contribution in [0.25, 0.3) is 0 Å². The average molecular weight is 261 g/mol. The Labute approximate surface area is 117 Å². The molecule has 0 aliphatic heterocycles. The van der Waals surface area contributed by atoms with E-state index in [0.29, 0.717) is 0 Å². The molecule has 1 fully saturated rings. The molecule has 1 amide bonds. The molecule has 0 aromatic carbocycles. The fourth-order valence-electron chi connectivity index (χ4n) is 3.38. The van der Waals surface area contributed by atoms with Crippen molar-refractivity contribution < 1.29 is 4.79 Å². The van der Waals surface area contributed by atoms with Crippen LogP contribution in [0.3, 0.4) is 0 Å². The molecule has 106 valence electrons. The minimum atomic E-state index is -0.166. The number of hydrogen-bond donors (Lipinski definition) is 1. The average Bonchev–Trinajstić information content (AvgIpc) is 2.80. The molecule has 2 nitrogen and oxygen atoms in total. The highest BCUT2D eigenvalue weighted by Gasteiger charge is 2.66. The second-order valence-electron chi connectivity index (χ2n) is 8.01. The minimum absolute atomic E-state index is 0.137. The van der Waals surface area contributed by atoms with Crippen LogP contribution in [-0.4, -0.2) is 11.9 Å². The molecule has 0 aromatic rings. The van der Waals surface area contributed by atoms with Gasteiger partial charge in [0, 0.05) is 0 Å². The standard InChI is InChI=1S/C17H27NO/c1-15(2,3)11-17(12-16(17,4)5)14(19)18-13-9-7-6-8-10-13/h6-9,13H,10-12H2,1-5H3,(H,18,19). The molecule has 0 aromatic heterocycles. The van der Waals surface area contributed by atoms with Gasteiger partial charge >= 0.3 is 0 Å². The summed E-state index contributed by atoms with van der Waals surface area (Å²) in [6, 6.07) is 0.172. The highest BCUT2D eigenvalue weighted by molar-refractivity contribution is 5.87. The summed E-state index contributed by atoms with van der Waals surface area (Å²) in [6.45, 7) is 11.1. The van der Waals surface area contributed by atoms with Gasteiger partial charge < -0.3 is 5.32 Å². The third kappa shape index (κ3) is 2.93. The van der Waals surface area contributed by atoms with Crippen molar-refractivity contribution in [3.8, 4) is 0 Å². The first kappa shape index (κ1) is 14.4. The van der Waals surface area contributed by atoms with Crippen LogP contribution in [0, 0.1) is 16.2 Å². The normalized spacial score (nSPS) is 32.2.